The van der Waals surface area contributed by atoms with Crippen LogP contribution >= 0.6 is 27.5 Å². The zero-order valence-electron chi connectivity index (χ0n) is 24.8. The minimum absolute atomic E-state index is 0.107. The molecule has 1 aromatic carbocycles. The number of pyridine rings is 1. The number of imidazole rings is 1. The lowest BCUT2D eigenvalue weighted by Gasteiger charge is -2.44. The Labute approximate surface area is 266 Å². The van der Waals surface area contributed by atoms with Gasteiger partial charge in [0.2, 0.25) is 5.91 Å². The quantitative estimate of drug-likeness (QED) is 0.326. The van der Waals surface area contributed by atoms with E-state index in [1.807, 2.05) is 43.7 Å². The highest BCUT2D eigenvalue weighted by Crippen LogP contribution is 2.38. The number of carbonyl (C=O) groups excluding carboxylic acids is 2. The van der Waals surface area contributed by atoms with Crippen LogP contribution in [0.4, 0.5) is 4.79 Å². The van der Waals surface area contributed by atoms with Gasteiger partial charge in [0, 0.05) is 60.2 Å². The van der Waals surface area contributed by atoms with E-state index >= 15 is 0 Å². The molecule has 10 nitrogen and oxygen atoms in total. The molecule has 3 heterocycles. The van der Waals surface area contributed by atoms with Gasteiger partial charge in [-0.1, -0.05) is 17.7 Å². The SMILES string of the molecule is CC(C)(C)NC(=O)N1CCN(C2c3ccc(Cl)cc3CCc3cc(Br)cnc32)C[C@@H]1C(=O)NCCCn1cnc(CO)c1. The number of aliphatic hydroxyl groups excluding tert-OH is 1. The van der Waals surface area contributed by atoms with Crippen molar-refractivity contribution in [3.63, 3.8) is 0 Å². The molecular weight excluding hydrogens is 634 g/mol. The molecule has 3 N–H and O–H groups in total. The molecule has 3 aromatic rings. The van der Waals surface area contributed by atoms with Gasteiger partial charge >= 0.3 is 6.03 Å². The number of carbonyl (C=O) groups is 2. The van der Waals surface area contributed by atoms with Crippen molar-refractivity contribution in [2.75, 3.05) is 26.2 Å². The van der Waals surface area contributed by atoms with Crippen LogP contribution in [0.25, 0.3) is 0 Å². The van der Waals surface area contributed by atoms with Crippen LogP contribution < -0.4 is 10.6 Å². The summed E-state index contributed by atoms with van der Waals surface area (Å²) < 4.78 is 2.82. The van der Waals surface area contributed by atoms with Crippen LogP contribution in [0, 0.1) is 0 Å². The van der Waals surface area contributed by atoms with Crippen LogP contribution in [0.2, 0.25) is 5.02 Å². The molecule has 0 spiro atoms. The monoisotopic (exact) mass is 671 g/mol. The number of piperazine rings is 1. The molecule has 2 atom stereocenters. The number of hydrogen-bond donors (Lipinski definition) is 3. The Morgan fingerprint density at radius 1 is 1.14 bits per heavy atom. The molecule has 1 saturated heterocycles. The van der Waals surface area contributed by atoms with E-state index in [-0.39, 0.29) is 24.6 Å². The predicted octanol–water partition coefficient (Wildman–Crippen LogP) is 4.08. The predicted molar refractivity (Wildman–Crippen MR) is 169 cm³/mol. The molecule has 3 amide bonds. The van der Waals surface area contributed by atoms with Crippen LogP contribution in [-0.4, -0.2) is 79.1 Å². The molecule has 1 aliphatic carbocycles. The molecule has 230 valence electrons. The van der Waals surface area contributed by atoms with E-state index in [1.54, 1.807) is 17.4 Å². The lowest BCUT2D eigenvalue weighted by atomic mass is 9.95. The molecule has 12 heteroatoms. The van der Waals surface area contributed by atoms with Gasteiger partial charge in [0.1, 0.15) is 6.04 Å². The average Bonchev–Trinajstić information content (AvgIpc) is 3.36. The topological polar surface area (TPSA) is 116 Å². The van der Waals surface area contributed by atoms with Crippen LogP contribution in [0.1, 0.15) is 61.3 Å². The third-order valence-corrected chi connectivity index (χ3v) is 8.52. The van der Waals surface area contributed by atoms with Crippen LogP contribution in [0.3, 0.4) is 0 Å². The van der Waals surface area contributed by atoms with Crippen molar-refractivity contribution in [3.8, 4) is 0 Å². The molecule has 2 aromatic heterocycles. The molecule has 0 bridgehead atoms. The Morgan fingerprint density at radius 3 is 2.67 bits per heavy atom. The maximum atomic E-state index is 13.8. The Kier molecular flexibility index (Phi) is 9.75. The van der Waals surface area contributed by atoms with Crippen molar-refractivity contribution in [1.29, 1.82) is 0 Å². The van der Waals surface area contributed by atoms with Gasteiger partial charge in [-0.25, -0.2) is 9.78 Å². The summed E-state index contributed by atoms with van der Waals surface area (Å²) in [6.07, 6.45) is 7.65. The second-order valence-electron chi connectivity index (χ2n) is 12.2. The molecule has 43 heavy (non-hydrogen) atoms. The number of aromatic nitrogens is 3. The number of fused-ring (bicyclic) bond motifs is 2. The molecular formula is C31H39BrClN7O3. The van der Waals surface area contributed by atoms with E-state index in [2.05, 4.69) is 48.6 Å². The standard InChI is InChI=1S/C31H39BrClN7O3/c1-31(2,3)37-30(43)40-12-11-39(17-26(40)29(42)34-9-4-10-38-16-24(18-41)36-19-38)28-25-8-7-23(33)14-20(25)5-6-21-13-22(32)15-35-27(21)28/h7-8,13-16,19,26,28,41H,4-6,9-12,17-18H2,1-3H3,(H,34,42)(H,37,43)/t26-,28?/m1/s1. The third kappa shape index (κ3) is 7.57. The van der Waals surface area contributed by atoms with E-state index < -0.39 is 11.6 Å². The highest BCUT2D eigenvalue weighted by molar-refractivity contribution is 9.10. The van der Waals surface area contributed by atoms with Gasteiger partial charge in [-0.15, -0.1) is 0 Å². The van der Waals surface area contributed by atoms with Crippen LogP contribution in [0.15, 0.2) is 47.5 Å². The van der Waals surface area contributed by atoms with Gasteiger partial charge in [-0.3, -0.25) is 14.7 Å². The van der Waals surface area contributed by atoms with E-state index in [9.17, 15) is 14.7 Å². The maximum absolute atomic E-state index is 13.8. The van der Waals surface area contributed by atoms with Crippen molar-refractivity contribution >= 4 is 39.5 Å². The zero-order valence-corrected chi connectivity index (χ0v) is 27.2. The summed E-state index contributed by atoms with van der Waals surface area (Å²) >= 11 is 10.0. The summed E-state index contributed by atoms with van der Waals surface area (Å²) in [5, 5.41) is 16.1. The summed E-state index contributed by atoms with van der Waals surface area (Å²) in [7, 11) is 0. The molecule has 0 radical (unpaired) electrons. The highest BCUT2D eigenvalue weighted by Gasteiger charge is 2.40. The van der Waals surface area contributed by atoms with E-state index in [1.165, 1.54) is 5.56 Å². The number of aliphatic hydroxyl groups is 1. The van der Waals surface area contributed by atoms with E-state index in [0.717, 1.165) is 34.1 Å². The summed E-state index contributed by atoms with van der Waals surface area (Å²) in [5.74, 6) is -0.190. The van der Waals surface area contributed by atoms with Crippen LogP contribution in [-0.2, 0) is 30.8 Å². The molecule has 1 aliphatic heterocycles. The number of rotatable bonds is 7. The fraction of sp³-hybridized carbons (Fsp3) is 0.484. The largest absolute Gasteiger partial charge is 0.390 e. The lowest BCUT2D eigenvalue weighted by molar-refractivity contribution is -0.127. The average molecular weight is 673 g/mol. The fourth-order valence-corrected chi connectivity index (χ4v) is 6.46. The molecule has 0 saturated carbocycles. The first-order chi connectivity index (χ1) is 20.5. The lowest BCUT2D eigenvalue weighted by Crippen LogP contribution is -2.64. The fourth-order valence-electron chi connectivity index (χ4n) is 5.88. The Balaban J connectivity index is 1.39. The molecule has 1 fully saturated rings. The first-order valence-electron chi connectivity index (χ1n) is 14.7. The van der Waals surface area contributed by atoms with Crippen molar-refractivity contribution in [2.24, 2.45) is 0 Å². The first-order valence-corrected chi connectivity index (χ1v) is 15.8. The Hall–Kier alpha value is -2.99. The van der Waals surface area contributed by atoms with E-state index in [4.69, 9.17) is 16.6 Å². The summed E-state index contributed by atoms with van der Waals surface area (Å²) in [5.41, 5.74) is 4.60. The van der Waals surface area contributed by atoms with Gasteiger partial charge in [-0.2, -0.15) is 0 Å². The third-order valence-electron chi connectivity index (χ3n) is 7.85. The van der Waals surface area contributed by atoms with Crippen molar-refractivity contribution in [3.05, 3.63) is 80.6 Å². The second-order valence-corrected chi connectivity index (χ2v) is 13.6. The number of benzene rings is 1. The van der Waals surface area contributed by atoms with Gasteiger partial charge in [-0.05, 0) is 90.9 Å². The number of nitrogens with one attached hydrogen (secondary N) is 2. The van der Waals surface area contributed by atoms with Gasteiger partial charge in [0.15, 0.2) is 0 Å². The minimum Gasteiger partial charge on any atom is -0.390 e. The van der Waals surface area contributed by atoms with Crippen molar-refractivity contribution in [1.82, 2.24) is 35.0 Å². The zero-order chi connectivity index (χ0) is 30.7. The number of nitrogens with zero attached hydrogens (tertiary/aromatic N) is 5. The number of hydrogen-bond acceptors (Lipinski definition) is 6. The maximum Gasteiger partial charge on any atom is 0.318 e. The van der Waals surface area contributed by atoms with Crippen molar-refractivity contribution < 1.29 is 14.7 Å². The van der Waals surface area contributed by atoms with Gasteiger partial charge in [0.25, 0.3) is 0 Å². The summed E-state index contributed by atoms with van der Waals surface area (Å²) in [4.78, 5) is 40.2. The van der Waals surface area contributed by atoms with Crippen molar-refractivity contribution in [2.45, 2.75) is 70.8 Å². The minimum atomic E-state index is -0.691. The Bertz CT molecular complexity index is 1420. The van der Waals surface area contributed by atoms with Gasteiger partial charge in [0.05, 0.1) is 30.4 Å². The van der Waals surface area contributed by atoms with Gasteiger partial charge < -0.3 is 25.2 Å². The number of halogens is 2. The van der Waals surface area contributed by atoms with Crippen LogP contribution in [0.5, 0.6) is 0 Å². The first kappa shape index (κ1) is 31.4. The summed E-state index contributed by atoms with van der Waals surface area (Å²) in [6.45, 7) is 8.12. The summed E-state index contributed by atoms with van der Waals surface area (Å²) in [6, 6.07) is 7.03. The number of urea groups is 1. The number of aryl methyl sites for hydroxylation is 3. The second kappa shape index (κ2) is 13.3. The highest BCUT2D eigenvalue weighted by atomic mass is 79.9. The smallest absolute Gasteiger partial charge is 0.318 e. The normalized spacial score (nSPS) is 18.9. The molecule has 1 unspecified atom stereocenters. The number of amides is 3. The Morgan fingerprint density at radius 2 is 1.93 bits per heavy atom. The van der Waals surface area contributed by atoms with E-state index in [0.29, 0.717) is 49.9 Å². The molecule has 2 aliphatic rings. The molecule has 5 rings (SSSR count).